The fourth-order valence-corrected chi connectivity index (χ4v) is 3.22. The zero-order valence-electron chi connectivity index (χ0n) is 10.9. The first-order valence-electron chi connectivity index (χ1n) is 6.44. The van der Waals surface area contributed by atoms with E-state index in [0.717, 1.165) is 5.92 Å². The monoisotopic (exact) mass is 217 g/mol. The number of rotatable bonds is 2. The first-order chi connectivity index (χ1) is 7.63. The molecule has 1 aliphatic heterocycles. The van der Waals surface area contributed by atoms with Crippen molar-refractivity contribution in [3.63, 3.8) is 0 Å². The summed E-state index contributed by atoms with van der Waals surface area (Å²) in [5.74, 6) is 0.820. The summed E-state index contributed by atoms with van der Waals surface area (Å²) in [7, 11) is 0. The predicted octanol–water partition coefficient (Wildman–Crippen LogP) is 3.67. The number of hydrogen-bond donors (Lipinski definition) is 1. The Bertz CT molecular complexity index is 358. The zero-order valence-corrected chi connectivity index (χ0v) is 10.9. The van der Waals surface area contributed by atoms with Crippen molar-refractivity contribution in [3.8, 4) is 0 Å². The number of benzene rings is 1. The largest absolute Gasteiger partial charge is 0.310 e. The Hall–Kier alpha value is -0.820. The maximum absolute atomic E-state index is 3.68. The van der Waals surface area contributed by atoms with E-state index in [1.54, 1.807) is 5.56 Å². The molecule has 1 aliphatic rings. The third-order valence-corrected chi connectivity index (χ3v) is 3.92. The second-order valence-electron chi connectivity index (χ2n) is 5.20. The first-order valence-corrected chi connectivity index (χ1v) is 6.44. The van der Waals surface area contributed by atoms with Gasteiger partial charge in [0.2, 0.25) is 0 Å². The molecule has 0 aliphatic carbocycles. The number of aryl methyl sites for hydroxylation is 3. The van der Waals surface area contributed by atoms with Crippen molar-refractivity contribution in [2.24, 2.45) is 5.92 Å². The Kier molecular flexibility index (Phi) is 3.34. The molecule has 1 heterocycles. The van der Waals surface area contributed by atoms with Gasteiger partial charge in [-0.2, -0.15) is 0 Å². The molecule has 1 N–H and O–H groups in total. The van der Waals surface area contributed by atoms with Crippen LogP contribution < -0.4 is 5.32 Å². The molecule has 2 atom stereocenters. The zero-order chi connectivity index (χ0) is 11.7. The summed E-state index contributed by atoms with van der Waals surface area (Å²) in [6.07, 6.45) is 2.61. The quantitative estimate of drug-likeness (QED) is 0.797. The van der Waals surface area contributed by atoms with E-state index in [0.29, 0.717) is 6.04 Å². The van der Waals surface area contributed by atoms with Gasteiger partial charge in [-0.3, -0.25) is 0 Å². The van der Waals surface area contributed by atoms with Gasteiger partial charge in [-0.25, -0.2) is 0 Å². The Labute approximate surface area is 99.3 Å². The summed E-state index contributed by atoms with van der Waals surface area (Å²) >= 11 is 0. The maximum atomic E-state index is 3.68. The minimum atomic E-state index is 0.589. The molecular weight excluding hydrogens is 194 g/mol. The highest BCUT2D eigenvalue weighted by atomic mass is 15.0. The van der Waals surface area contributed by atoms with Crippen molar-refractivity contribution in [3.05, 3.63) is 34.4 Å². The van der Waals surface area contributed by atoms with Crippen molar-refractivity contribution in [2.75, 3.05) is 6.54 Å². The molecule has 1 fully saturated rings. The molecule has 0 bridgehead atoms. The van der Waals surface area contributed by atoms with Gasteiger partial charge >= 0.3 is 0 Å². The maximum Gasteiger partial charge on any atom is 0.0354 e. The average molecular weight is 217 g/mol. The lowest BCUT2D eigenvalue weighted by Crippen LogP contribution is -2.20. The molecule has 0 aromatic heterocycles. The van der Waals surface area contributed by atoms with Crippen LogP contribution in [0.4, 0.5) is 0 Å². The summed E-state index contributed by atoms with van der Waals surface area (Å²) < 4.78 is 0. The van der Waals surface area contributed by atoms with Crippen LogP contribution in [0.2, 0.25) is 0 Å². The Morgan fingerprint density at radius 2 is 1.81 bits per heavy atom. The van der Waals surface area contributed by atoms with Crippen molar-refractivity contribution in [1.82, 2.24) is 5.32 Å². The van der Waals surface area contributed by atoms with Crippen LogP contribution in [0.15, 0.2) is 12.1 Å². The van der Waals surface area contributed by atoms with E-state index in [4.69, 9.17) is 0 Å². The molecule has 1 heteroatoms. The minimum Gasteiger partial charge on any atom is -0.310 e. The second kappa shape index (κ2) is 4.58. The average Bonchev–Trinajstić information content (AvgIpc) is 2.64. The molecule has 88 valence electrons. The number of hydrogen-bond acceptors (Lipinski definition) is 1. The van der Waals surface area contributed by atoms with Crippen LogP contribution in [-0.4, -0.2) is 6.54 Å². The van der Waals surface area contributed by atoms with Crippen molar-refractivity contribution in [2.45, 2.75) is 46.6 Å². The van der Waals surface area contributed by atoms with Crippen LogP contribution in [0.25, 0.3) is 0 Å². The van der Waals surface area contributed by atoms with Crippen LogP contribution in [0, 0.1) is 26.7 Å². The van der Waals surface area contributed by atoms with Gasteiger partial charge in [-0.05, 0) is 56.3 Å². The topological polar surface area (TPSA) is 12.0 Å². The lowest BCUT2D eigenvalue weighted by atomic mass is 9.86. The molecule has 0 radical (unpaired) electrons. The predicted molar refractivity (Wildman–Crippen MR) is 69.8 cm³/mol. The van der Waals surface area contributed by atoms with Gasteiger partial charge in [0.1, 0.15) is 0 Å². The molecule has 0 saturated carbocycles. The highest BCUT2D eigenvalue weighted by Crippen LogP contribution is 2.35. The fraction of sp³-hybridized carbons (Fsp3) is 0.600. The van der Waals surface area contributed by atoms with E-state index >= 15 is 0 Å². The van der Waals surface area contributed by atoms with Gasteiger partial charge in [-0.1, -0.05) is 31.0 Å². The van der Waals surface area contributed by atoms with Gasteiger partial charge in [0, 0.05) is 6.04 Å². The summed E-state index contributed by atoms with van der Waals surface area (Å²) in [5.41, 5.74) is 5.84. The Morgan fingerprint density at radius 3 is 2.38 bits per heavy atom. The van der Waals surface area contributed by atoms with E-state index in [2.05, 4.69) is 45.1 Å². The SMILES string of the molecule is CC[C@H]1CCN[C@@H]1c1c(C)cc(C)cc1C. The Morgan fingerprint density at radius 1 is 1.19 bits per heavy atom. The second-order valence-corrected chi connectivity index (χ2v) is 5.20. The highest BCUT2D eigenvalue weighted by molar-refractivity contribution is 5.40. The molecule has 1 nitrogen and oxygen atoms in total. The molecule has 2 rings (SSSR count). The van der Waals surface area contributed by atoms with Gasteiger partial charge in [0.05, 0.1) is 0 Å². The normalized spacial score (nSPS) is 25.0. The first kappa shape index (κ1) is 11.7. The van der Waals surface area contributed by atoms with Crippen LogP contribution in [0.1, 0.15) is 48.1 Å². The standard InChI is InChI=1S/C15H23N/c1-5-13-6-7-16-15(13)14-11(3)8-10(2)9-12(14)4/h8-9,13,15-16H,5-7H2,1-4H3/t13-,15-/m0/s1. The van der Waals surface area contributed by atoms with E-state index in [1.165, 1.54) is 36.1 Å². The fourth-order valence-electron chi connectivity index (χ4n) is 3.22. The Balaban J connectivity index is 2.39. The van der Waals surface area contributed by atoms with E-state index in [9.17, 15) is 0 Å². The summed E-state index contributed by atoms with van der Waals surface area (Å²) in [5, 5.41) is 3.68. The van der Waals surface area contributed by atoms with Crippen LogP contribution in [0.5, 0.6) is 0 Å². The van der Waals surface area contributed by atoms with E-state index < -0.39 is 0 Å². The molecule has 0 unspecified atom stereocenters. The molecule has 1 saturated heterocycles. The molecule has 1 aromatic rings. The van der Waals surface area contributed by atoms with Gasteiger partial charge in [0.15, 0.2) is 0 Å². The summed E-state index contributed by atoms with van der Waals surface area (Å²) in [4.78, 5) is 0. The van der Waals surface area contributed by atoms with Crippen molar-refractivity contribution >= 4 is 0 Å². The number of nitrogens with one attached hydrogen (secondary N) is 1. The summed E-state index contributed by atoms with van der Waals surface area (Å²) in [6, 6.07) is 5.22. The van der Waals surface area contributed by atoms with Crippen molar-refractivity contribution < 1.29 is 0 Å². The lowest BCUT2D eigenvalue weighted by Gasteiger charge is -2.23. The molecule has 0 amide bonds. The van der Waals surface area contributed by atoms with Crippen LogP contribution in [-0.2, 0) is 0 Å². The molecule has 16 heavy (non-hydrogen) atoms. The van der Waals surface area contributed by atoms with E-state index in [-0.39, 0.29) is 0 Å². The van der Waals surface area contributed by atoms with Crippen molar-refractivity contribution in [1.29, 1.82) is 0 Å². The van der Waals surface area contributed by atoms with E-state index in [1.807, 2.05) is 0 Å². The van der Waals surface area contributed by atoms with Gasteiger partial charge < -0.3 is 5.32 Å². The minimum absolute atomic E-state index is 0.589. The van der Waals surface area contributed by atoms with Gasteiger partial charge in [0.25, 0.3) is 0 Å². The lowest BCUT2D eigenvalue weighted by molar-refractivity contribution is 0.446. The van der Waals surface area contributed by atoms with Crippen LogP contribution in [0.3, 0.4) is 0 Å². The molecule has 1 aromatic carbocycles. The third-order valence-electron chi connectivity index (χ3n) is 3.92. The van der Waals surface area contributed by atoms with Crippen LogP contribution >= 0.6 is 0 Å². The van der Waals surface area contributed by atoms with Gasteiger partial charge in [-0.15, -0.1) is 0 Å². The molecule has 0 spiro atoms. The smallest absolute Gasteiger partial charge is 0.0354 e. The molecular formula is C15H23N. The summed E-state index contributed by atoms with van der Waals surface area (Å²) in [6.45, 7) is 10.2. The third kappa shape index (κ3) is 2.01. The highest BCUT2D eigenvalue weighted by Gasteiger charge is 2.28.